The van der Waals surface area contributed by atoms with E-state index >= 15 is 0 Å². The molecular weight excluding hydrogens is 372 g/mol. The molecule has 1 aromatic carbocycles. The lowest BCUT2D eigenvalue weighted by atomic mass is 9.59. The zero-order chi connectivity index (χ0) is 20.8. The van der Waals surface area contributed by atoms with E-state index in [1.165, 1.54) is 12.1 Å². The Morgan fingerprint density at radius 3 is 2.52 bits per heavy atom. The Morgan fingerprint density at radius 1 is 1.10 bits per heavy atom. The molecule has 1 atom stereocenters. The molecule has 0 bridgehead atoms. The summed E-state index contributed by atoms with van der Waals surface area (Å²) in [5, 5.41) is 11.2. The molecule has 1 spiro atoms. The van der Waals surface area contributed by atoms with E-state index in [1.54, 1.807) is 36.7 Å². The second kappa shape index (κ2) is 6.83. The number of ketones is 1. The molecule has 7 nitrogen and oxygen atoms in total. The van der Waals surface area contributed by atoms with Crippen LogP contribution in [0.15, 0.2) is 42.6 Å². The van der Waals surface area contributed by atoms with Gasteiger partial charge in [0.15, 0.2) is 11.9 Å². The van der Waals surface area contributed by atoms with Crippen molar-refractivity contribution in [3.63, 3.8) is 0 Å². The molecule has 1 aromatic heterocycles. The topological polar surface area (TPSA) is 91.4 Å². The van der Waals surface area contributed by atoms with Gasteiger partial charge in [-0.2, -0.15) is 0 Å². The lowest BCUT2D eigenvalue weighted by Crippen LogP contribution is -2.55. The normalized spacial score (nSPS) is 23.0. The number of nitro benzene ring substituents is 1. The van der Waals surface area contributed by atoms with Crippen LogP contribution in [-0.4, -0.2) is 21.2 Å². The summed E-state index contributed by atoms with van der Waals surface area (Å²) in [5.74, 6) is -0.576. The van der Waals surface area contributed by atoms with Crippen molar-refractivity contribution in [2.24, 2.45) is 10.8 Å². The highest BCUT2D eigenvalue weighted by Crippen LogP contribution is 2.55. The molecule has 0 amide bonds. The summed E-state index contributed by atoms with van der Waals surface area (Å²) in [6.07, 6.45) is 5.30. The molecule has 1 aliphatic carbocycles. The summed E-state index contributed by atoms with van der Waals surface area (Å²) >= 11 is 0. The number of ether oxygens (including phenoxy) is 1. The van der Waals surface area contributed by atoms with Crippen LogP contribution in [0.2, 0.25) is 0 Å². The van der Waals surface area contributed by atoms with Gasteiger partial charge in [0.1, 0.15) is 5.41 Å². The summed E-state index contributed by atoms with van der Waals surface area (Å²) in [6, 6.07) is 9.94. The first-order chi connectivity index (χ1) is 13.8. The van der Waals surface area contributed by atoms with Crippen LogP contribution >= 0.6 is 0 Å². The molecule has 0 unspecified atom stereocenters. The fraction of sp³-hybridized carbons (Fsp3) is 0.455. The number of Topliss-reactive ketones (excluding diaryl/α,β-unsaturated/α-hetero) is 1. The Bertz CT molecular complexity index is 985. The predicted octanol–water partition coefficient (Wildman–Crippen LogP) is 4.53. The number of benzene rings is 1. The monoisotopic (exact) mass is 396 g/mol. The predicted molar refractivity (Wildman–Crippen MR) is 106 cm³/mol. The molecular formula is C22H24N2O5. The smallest absolute Gasteiger partial charge is 0.319 e. The van der Waals surface area contributed by atoms with Crippen molar-refractivity contribution in [1.29, 1.82) is 0 Å². The van der Waals surface area contributed by atoms with Gasteiger partial charge in [0.25, 0.3) is 5.69 Å². The van der Waals surface area contributed by atoms with Crippen LogP contribution in [-0.2, 0) is 14.3 Å². The van der Waals surface area contributed by atoms with Crippen molar-refractivity contribution in [2.45, 2.75) is 52.1 Å². The van der Waals surface area contributed by atoms with E-state index in [0.29, 0.717) is 24.2 Å². The number of nitrogens with zero attached hydrogens (tertiary/aromatic N) is 2. The second-order valence-corrected chi connectivity index (χ2v) is 8.54. The molecule has 1 saturated heterocycles. The molecule has 4 rings (SSSR count). The number of nitro groups is 1. The quantitative estimate of drug-likeness (QED) is 0.329. The number of hydrogen-bond acceptors (Lipinski definition) is 5. The highest BCUT2D eigenvalue weighted by Gasteiger charge is 2.60. The number of carbonyl (C=O) groups is 2. The van der Waals surface area contributed by atoms with Crippen LogP contribution in [0.5, 0.6) is 0 Å². The zero-order valence-corrected chi connectivity index (χ0v) is 16.6. The lowest BCUT2D eigenvalue weighted by molar-refractivity contribution is -0.384. The maximum atomic E-state index is 13.5. The maximum Gasteiger partial charge on any atom is 0.319 e. The van der Waals surface area contributed by atoms with Gasteiger partial charge in [0, 0.05) is 18.3 Å². The minimum atomic E-state index is -1.17. The number of carbonyl (C=O) groups excluding carboxylic acids is 2. The van der Waals surface area contributed by atoms with E-state index in [4.69, 9.17) is 4.74 Å². The van der Waals surface area contributed by atoms with Gasteiger partial charge in [0.05, 0.1) is 21.7 Å². The largest absolute Gasteiger partial charge is 0.454 e. The van der Waals surface area contributed by atoms with Gasteiger partial charge in [-0.15, -0.1) is 0 Å². The molecule has 29 heavy (non-hydrogen) atoms. The number of cyclic esters (lactones) is 1. The summed E-state index contributed by atoms with van der Waals surface area (Å²) in [5.41, 5.74) is -0.682. The molecule has 2 fully saturated rings. The van der Waals surface area contributed by atoms with Crippen LogP contribution in [0.3, 0.4) is 0 Å². The van der Waals surface area contributed by atoms with E-state index in [1.807, 2.05) is 12.1 Å². The van der Waals surface area contributed by atoms with Crippen LogP contribution in [0.4, 0.5) is 5.69 Å². The highest BCUT2D eigenvalue weighted by atomic mass is 16.6. The average molecular weight is 396 g/mol. The molecule has 2 heterocycles. The molecule has 0 N–H and O–H groups in total. The van der Waals surface area contributed by atoms with Gasteiger partial charge >= 0.3 is 5.97 Å². The second-order valence-electron chi connectivity index (χ2n) is 8.54. The summed E-state index contributed by atoms with van der Waals surface area (Å²) < 4.78 is 7.72. The van der Waals surface area contributed by atoms with Gasteiger partial charge < -0.3 is 9.30 Å². The summed E-state index contributed by atoms with van der Waals surface area (Å²) in [4.78, 5) is 37.0. The minimum absolute atomic E-state index is 0.0209. The van der Waals surface area contributed by atoms with E-state index in [9.17, 15) is 19.7 Å². The Labute approximate surface area is 168 Å². The van der Waals surface area contributed by atoms with E-state index in [-0.39, 0.29) is 11.5 Å². The molecule has 152 valence electrons. The molecule has 2 aromatic rings. The van der Waals surface area contributed by atoms with Crippen LogP contribution in [0, 0.1) is 20.9 Å². The number of hydrogen-bond donors (Lipinski definition) is 0. The third-order valence-electron chi connectivity index (χ3n) is 6.37. The van der Waals surface area contributed by atoms with Crippen LogP contribution in [0.25, 0.3) is 5.69 Å². The van der Waals surface area contributed by atoms with Crippen molar-refractivity contribution in [3.8, 4) is 5.69 Å². The third kappa shape index (κ3) is 2.96. The van der Waals surface area contributed by atoms with Crippen molar-refractivity contribution in [3.05, 3.63) is 58.4 Å². The SMILES string of the molecule is CC1(C)C(=O)O[C@@H](c2cccn2-c2cccc([N+](=O)[O-])c2)C2(CCCCC2)C1=O. The van der Waals surface area contributed by atoms with E-state index < -0.39 is 27.8 Å². The first-order valence-electron chi connectivity index (χ1n) is 9.95. The first-order valence-corrected chi connectivity index (χ1v) is 9.95. The Morgan fingerprint density at radius 2 is 1.83 bits per heavy atom. The van der Waals surface area contributed by atoms with Crippen molar-refractivity contribution in [1.82, 2.24) is 4.57 Å². The van der Waals surface area contributed by atoms with Gasteiger partial charge in [-0.1, -0.05) is 25.3 Å². The summed E-state index contributed by atoms with van der Waals surface area (Å²) in [6.45, 7) is 3.29. The minimum Gasteiger partial charge on any atom is -0.454 e. The fourth-order valence-corrected chi connectivity index (χ4v) is 4.82. The molecule has 0 radical (unpaired) electrons. The van der Waals surface area contributed by atoms with Crippen LogP contribution in [0.1, 0.15) is 57.7 Å². The van der Waals surface area contributed by atoms with Crippen molar-refractivity contribution >= 4 is 17.4 Å². The Kier molecular flexibility index (Phi) is 4.56. The molecule has 2 aliphatic rings. The van der Waals surface area contributed by atoms with Crippen molar-refractivity contribution in [2.75, 3.05) is 0 Å². The highest BCUT2D eigenvalue weighted by molar-refractivity contribution is 6.08. The Balaban J connectivity index is 1.83. The molecule has 1 saturated carbocycles. The lowest BCUT2D eigenvalue weighted by Gasteiger charge is -2.49. The van der Waals surface area contributed by atoms with E-state index in [2.05, 4.69) is 0 Å². The standard InChI is InChI=1S/C22H24N2O5/c1-21(2)19(25)22(11-4-3-5-12-22)18(29-20(21)26)17-10-7-13-23(17)15-8-6-9-16(14-15)24(27)28/h6-10,13-14,18H,3-5,11-12H2,1-2H3/t18-/m0/s1. The van der Waals surface area contributed by atoms with Gasteiger partial charge in [0.2, 0.25) is 0 Å². The van der Waals surface area contributed by atoms with Crippen molar-refractivity contribution < 1.29 is 19.2 Å². The number of non-ortho nitro benzene ring substituents is 1. The number of rotatable bonds is 3. The maximum absolute atomic E-state index is 13.5. The summed E-state index contributed by atoms with van der Waals surface area (Å²) in [7, 11) is 0. The number of aromatic nitrogens is 1. The third-order valence-corrected chi connectivity index (χ3v) is 6.37. The van der Waals surface area contributed by atoms with Gasteiger partial charge in [-0.25, -0.2) is 0 Å². The zero-order valence-electron chi connectivity index (χ0n) is 16.6. The fourth-order valence-electron chi connectivity index (χ4n) is 4.82. The van der Waals surface area contributed by atoms with E-state index in [0.717, 1.165) is 19.3 Å². The molecule has 1 aliphatic heterocycles. The Hall–Kier alpha value is -2.96. The molecule has 7 heteroatoms. The first kappa shape index (κ1) is 19.4. The van der Waals surface area contributed by atoms with Gasteiger partial charge in [-0.05, 0) is 44.9 Å². The average Bonchev–Trinajstić information content (AvgIpc) is 3.20. The van der Waals surface area contributed by atoms with Gasteiger partial charge in [-0.3, -0.25) is 19.7 Å². The number of esters is 1. The van der Waals surface area contributed by atoms with Crippen LogP contribution < -0.4 is 0 Å².